The molecule has 0 unspecified atom stereocenters. The minimum absolute atomic E-state index is 0.00886. The quantitative estimate of drug-likeness (QED) is 0.256. The lowest BCUT2D eigenvalue weighted by molar-refractivity contribution is 0.0618. The van der Waals surface area contributed by atoms with E-state index in [0.29, 0.717) is 5.75 Å². The van der Waals surface area contributed by atoms with Crippen LogP contribution in [0.3, 0.4) is 0 Å². The van der Waals surface area contributed by atoms with Crippen LogP contribution in [0.4, 0.5) is 8.78 Å². The van der Waals surface area contributed by atoms with Crippen molar-refractivity contribution >= 4 is 38.9 Å². The van der Waals surface area contributed by atoms with Crippen LogP contribution in [0, 0.1) is 11.6 Å². The molecule has 0 N–H and O–H groups in total. The number of ether oxygens (including phenoxy) is 1. The number of rotatable bonds is 6. The SMILES string of the molecule is COc1ccc(-c2ccccn2)cc1CN(C(=O)c1sc2c(F)ccc(F)c2c1Cl)C1CCCCC1. The van der Waals surface area contributed by atoms with Gasteiger partial charge >= 0.3 is 0 Å². The molecule has 0 aliphatic heterocycles. The highest BCUT2D eigenvalue weighted by Gasteiger charge is 2.31. The average Bonchev–Trinajstić information content (AvgIpc) is 3.28. The molecule has 1 saturated carbocycles. The van der Waals surface area contributed by atoms with Crippen LogP contribution in [-0.4, -0.2) is 28.9 Å². The summed E-state index contributed by atoms with van der Waals surface area (Å²) in [6.45, 7) is 0.281. The molecule has 1 amide bonds. The van der Waals surface area contributed by atoms with Gasteiger partial charge in [0.1, 0.15) is 22.3 Å². The van der Waals surface area contributed by atoms with Gasteiger partial charge in [-0.2, -0.15) is 0 Å². The Bertz CT molecular complexity index is 1400. The molecular weight excluding hydrogens is 502 g/mol. The number of aromatic nitrogens is 1. The van der Waals surface area contributed by atoms with Gasteiger partial charge in [-0.15, -0.1) is 11.3 Å². The number of thiophene rings is 1. The van der Waals surface area contributed by atoms with Gasteiger partial charge in [0.05, 0.1) is 27.9 Å². The van der Waals surface area contributed by atoms with Crippen LogP contribution in [-0.2, 0) is 6.54 Å². The summed E-state index contributed by atoms with van der Waals surface area (Å²) in [6.07, 6.45) is 6.61. The van der Waals surface area contributed by atoms with E-state index in [0.717, 1.165) is 72.4 Å². The maximum atomic E-state index is 14.5. The Morgan fingerprint density at radius 1 is 1.11 bits per heavy atom. The average molecular weight is 527 g/mol. The molecule has 8 heteroatoms. The first-order chi connectivity index (χ1) is 17.5. The molecule has 4 aromatic rings. The van der Waals surface area contributed by atoms with E-state index in [4.69, 9.17) is 16.3 Å². The summed E-state index contributed by atoms with van der Waals surface area (Å²) in [4.78, 5) is 20.4. The number of amides is 1. The van der Waals surface area contributed by atoms with Gasteiger partial charge in [-0.05, 0) is 55.3 Å². The van der Waals surface area contributed by atoms with Crippen LogP contribution >= 0.6 is 22.9 Å². The zero-order chi connectivity index (χ0) is 25.2. The second kappa shape index (κ2) is 10.5. The number of nitrogens with zero attached hydrogens (tertiary/aromatic N) is 2. The second-order valence-electron chi connectivity index (χ2n) is 8.94. The number of pyridine rings is 1. The van der Waals surface area contributed by atoms with Crippen LogP contribution in [0.5, 0.6) is 5.75 Å². The Labute approximate surface area is 217 Å². The summed E-state index contributed by atoms with van der Waals surface area (Å²) in [6, 6.07) is 13.6. The summed E-state index contributed by atoms with van der Waals surface area (Å²) in [5, 5.41) is -0.0737. The highest BCUT2D eigenvalue weighted by Crippen LogP contribution is 2.40. The van der Waals surface area contributed by atoms with E-state index in [1.54, 1.807) is 18.2 Å². The Balaban J connectivity index is 1.57. The molecule has 2 aromatic heterocycles. The first-order valence-corrected chi connectivity index (χ1v) is 13.1. The van der Waals surface area contributed by atoms with Crippen molar-refractivity contribution in [3.05, 3.63) is 81.8 Å². The molecule has 2 heterocycles. The summed E-state index contributed by atoms with van der Waals surface area (Å²) in [5.74, 6) is -0.896. The van der Waals surface area contributed by atoms with E-state index >= 15 is 0 Å². The van der Waals surface area contributed by atoms with Crippen molar-refractivity contribution in [1.29, 1.82) is 0 Å². The van der Waals surface area contributed by atoms with E-state index in [2.05, 4.69) is 4.98 Å². The number of halogens is 3. The van der Waals surface area contributed by atoms with E-state index in [1.165, 1.54) is 0 Å². The van der Waals surface area contributed by atoms with Crippen LogP contribution in [0.25, 0.3) is 21.3 Å². The van der Waals surface area contributed by atoms with Crippen LogP contribution in [0.2, 0.25) is 5.02 Å². The number of carbonyl (C=O) groups is 1. The minimum atomic E-state index is -0.638. The fraction of sp³-hybridized carbons (Fsp3) is 0.286. The molecule has 1 aliphatic carbocycles. The molecule has 0 bridgehead atoms. The van der Waals surface area contributed by atoms with E-state index < -0.39 is 11.6 Å². The third-order valence-corrected chi connectivity index (χ3v) is 8.41. The van der Waals surface area contributed by atoms with E-state index in [1.807, 2.05) is 36.4 Å². The normalized spacial score (nSPS) is 14.2. The predicted octanol–water partition coefficient (Wildman–Crippen LogP) is 7.88. The van der Waals surface area contributed by atoms with Crippen molar-refractivity contribution in [3.8, 4) is 17.0 Å². The number of benzene rings is 2. The monoisotopic (exact) mass is 526 g/mol. The maximum Gasteiger partial charge on any atom is 0.266 e. The topological polar surface area (TPSA) is 42.4 Å². The molecule has 0 spiro atoms. The summed E-state index contributed by atoms with van der Waals surface area (Å²) in [5.41, 5.74) is 2.55. The van der Waals surface area contributed by atoms with Gasteiger partial charge in [-0.3, -0.25) is 9.78 Å². The highest BCUT2D eigenvalue weighted by atomic mass is 35.5. The Kier molecular flexibility index (Phi) is 7.21. The Morgan fingerprint density at radius 3 is 2.58 bits per heavy atom. The maximum absolute atomic E-state index is 14.5. The lowest BCUT2D eigenvalue weighted by Gasteiger charge is -2.34. The van der Waals surface area contributed by atoms with Crippen LogP contribution < -0.4 is 4.74 Å². The first-order valence-electron chi connectivity index (χ1n) is 11.9. The summed E-state index contributed by atoms with van der Waals surface area (Å²) in [7, 11) is 1.60. The van der Waals surface area contributed by atoms with Gasteiger partial charge in [0.25, 0.3) is 5.91 Å². The fourth-order valence-electron chi connectivity index (χ4n) is 4.90. The van der Waals surface area contributed by atoms with Gasteiger partial charge in [0, 0.05) is 29.9 Å². The molecule has 1 aliphatic rings. The number of hydrogen-bond acceptors (Lipinski definition) is 4. The summed E-state index contributed by atoms with van der Waals surface area (Å²) < 4.78 is 34.7. The highest BCUT2D eigenvalue weighted by molar-refractivity contribution is 7.21. The molecule has 0 atom stereocenters. The van der Waals surface area contributed by atoms with Gasteiger partial charge in [-0.25, -0.2) is 8.78 Å². The number of methoxy groups -OCH3 is 1. The standard InChI is InChI=1S/C28H25ClF2N2O2S/c1-35-23-13-10-17(22-9-5-6-14-32-22)15-18(23)16-33(19-7-3-2-4-8-19)28(34)27-25(29)24-20(30)11-12-21(31)26(24)36-27/h5-6,9-15,19H,2-4,7-8,16H2,1H3. The van der Waals surface area contributed by atoms with Gasteiger partial charge in [0.15, 0.2) is 0 Å². The molecule has 0 radical (unpaired) electrons. The van der Waals surface area contributed by atoms with Crippen molar-refractivity contribution in [2.45, 2.75) is 44.7 Å². The zero-order valence-corrected chi connectivity index (χ0v) is 21.3. The van der Waals surface area contributed by atoms with Gasteiger partial charge in [0.2, 0.25) is 0 Å². The molecule has 36 heavy (non-hydrogen) atoms. The van der Waals surface area contributed by atoms with Crippen molar-refractivity contribution in [1.82, 2.24) is 9.88 Å². The fourth-order valence-corrected chi connectivity index (χ4v) is 6.41. The lowest BCUT2D eigenvalue weighted by atomic mass is 9.93. The van der Waals surface area contributed by atoms with Crippen molar-refractivity contribution < 1.29 is 18.3 Å². The Hall–Kier alpha value is -3.03. The van der Waals surface area contributed by atoms with Gasteiger partial charge < -0.3 is 9.64 Å². The van der Waals surface area contributed by atoms with Crippen molar-refractivity contribution in [2.75, 3.05) is 7.11 Å². The second-order valence-corrected chi connectivity index (χ2v) is 10.3. The van der Waals surface area contributed by atoms with Crippen LogP contribution in [0.15, 0.2) is 54.7 Å². The first kappa shape index (κ1) is 24.7. The smallest absolute Gasteiger partial charge is 0.266 e. The molecule has 5 rings (SSSR count). The van der Waals surface area contributed by atoms with Crippen LogP contribution in [0.1, 0.15) is 47.3 Å². The number of carbonyl (C=O) groups excluding carboxylic acids is 1. The van der Waals surface area contributed by atoms with E-state index in [9.17, 15) is 13.6 Å². The predicted molar refractivity (Wildman–Crippen MR) is 140 cm³/mol. The lowest BCUT2D eigenvalue weighted by Crippen LogP contribution is -2.40. The zero-order valence-electron chi connectivity index (χ0n) is 19.8. The molecule has 186 valence electrons. The van der Waals surface area contributed by atoms with Crippen molar-refractivity contribution in [3.63, 3.8) is 0 Å². The summed E-state index contributed by atoms with van der Waals surface area (Å²) >= 11 is 7.41. The third-order valence-electron chi connectivity index (χ3n) is 6.73. The molecule has 2 aromatic carbocycles. The number of hydrogen-bond donors (Lipinski definition) is 0. The third kappa shape index (κ3) is 4.70. The molecule has 4 nitrogen and oxygen atoms in total. The number of fused-ring (bicyclic) bond motifs is 1. The minimum Gasteiger partial charge on any atom is -0.496 e. The van der Waals surface area contributed by atoms with Crippen molar-refractivity contribution in [2.24, 2.45) is 0 Å². The Morgan fingerprint density at radius 2 is 1.89 bits per heavy atom. The van der Waals surface area contributed by atoms with Gasteiger partial charge in [-0.1, -0.05) is 36.9 Å². The largest absolute Gasteiger partial charge is 0.496 e. The molecule has 1 fully saturated rings. The van der Waals surface area contributed by atoms with E-state index in [-0.39, 0.29) is 38.5 Å². The molecular formula is C28H25ClF2N2O2S. The molecule has 0 saturated heterocycles.